The SMILES string of the molecule is C[C@H]1C[C@H]1C(=O)Nc1cccc(C(=O)NC2(C(=O)O)CCCCC2)c1. The highest BCUT2D eigenvalue weighted by atomic mass is 16.4. The summed E-state index contributed by atoms with van der Waals surface area (Å²) in [6.07, 6.45) is 4.37. The number of nitrogens with one attached hydrogen (secondary N) is 2. The molecular weight excluding hydrogens is 320 g/mol. The number of benzene rings is 1. The third kappa shape index (κ3) is 3.83. The summed E-state index contributed by atoms with van der Waals surface area (Å²) in [6.45, 7) is 2.03. The van der Waals surface area contributed by atoms with Gasteiger partial charge in [0.1, 0.15) is 5.54 Å². The Morgan fingerprint density at radius 3 is 2.44 bits per heavy atom. The fourth-order valence-corrected chi connectivity index (χ4v) is 3.50. The minimum atomic E-state index is -1.18. The molecule has 0 saturated heterocycles. The standard InChI is InChI=1S/C19H24N2O4/c1-12-10-15(12)17(23)20-14-7-5-6-13(11-14)16(22)21-19(18(24)25)8-3-2-4-9-19/h5-7,11-12,15H,2-4,8-10H2,1H3,(H,20,23)(H,21,22)(H,24,25)/t12-,15+/m0/s1. The number of hydrogen-bond donors (Lipinski definition) is 3. The van der Waals surface area contributed by atoms with Gasteiger partial charge in [0.15, 0.2) is 0 Å². The molecule has 0 unspecified atom stereocenters. The molecule has 1 aromatic carbocycles. The van der Waals surface area contributed by atoms with E-state index < -0.39 is 17.4 Å². The maximum Gasteiger partial charge on any atom is 0.329 e. The lowest BCUT2D eigenvalue weighted by Crippen LogP contribution is -2.55. The van der Waals surface area contributed by atoms with Crippen molar-refractivity contribution in [3.63, 3.8) is 0 Å². The molecule has 6 nitrogen and oxygen atoms in total. The zero-order valence-electron chi connectivity index (χ0n) is 14.4. The Morgan fingerprint density at radius 2 is 1.84 bits per heavy atom. The molecule has 0 radical (unpaired) electrons. The Hall–Kier alpha value is -2.37. The average molecular weight is 344 g/mol. The highest BCUT2D eigenvalue weighted by Gasteiger charge is 2.41. The van der Waals surface area contributed by atoms with Crippen LogP contribution >= 0.6 is 0 Å². The van der Waals surface area contributed by atoms with E-state index in [2.05, 4.69) is 10.6 Å². The van der Waals surface area contributed by atoms with Crippen molar-refractivity contribution in [1.82, 2.24) is 5.32 Å². The van der Waals surface area contributed by atoms with E-state index in [1.807, 2.05) is 6.92 Å². The van der Waals surface area contributed by atoms with Gasteiger partial charge in [0.25, 0.3) is 5.91 Å². The van der Waals surface area contributed by atoms with Crippen molar-refractivity contribution in [1.29, 1.82) is 0 Å². The van der Waals surface area contributed by atoms with E-state index in [0.717, 1.165) is 25.7 Å². The van der Waals surface area contributed by atoms with Crippen molar-refractivity contribution in [2.24, 2.45) is 11.8 Å². The number of carbonyl (C=O) groups is 3. The van der Waals surface area contributed by atoms with Crippen molar-refractivity contribution in [2.45, 2.75) is 51.0 Å². The summed E-state index contributed by atoms with van der Waals surface area (Å²) in [7, 11) is 0. The van der Waals surface area contributed by atoms with Crippen molar-refractivity contribution >= 4 is 23.5 Å². The molecule has 0 aromatic heterocycles. The minimum Gasteiger partial charge on any atom is -0.480 e. The quantitative estimate of drug-likeness (QED) is 0.765. The zero-order valence-corrected chi connectivity index (χ0v) is 14.4. The summed E-state index contributed by atoms with van der Waals surface area (Å²) >= 11 is 0. The third-order valence-electron chi connectivity index (χ3n) is 5.31. The molecule has 0 spiro atoms. The topological polar surface area (TPSA) is 95.5 Å². The molecule has 0 heterocycles. The van der Waals surface area contributed by atoms with Crippen LogP contribution in [-0.4, -0.2) is 28.4 Å². The molecule has 6 heteroatoms. The number of aliphatic carboxylic acids is 1. The lowest BCUT2D eigenvalue weighted by Gasteiger charge is -2.34. The van der Waals surface area contributed by atoms with Crippen LogP contribution in [0.5, 0.6) is 0 Å². The van der Waals surface area contributed by atoms with Crippen LogP contribution in [0, 0.1) is 11.8 Å². The average Bonchev–Trinajstić information content (AvgIpc) is 3.33. The van der Waals surface area contributed by atoms with Crippen molar-refractivity contribution < 1.29 is 19.5 Å². The second kappa shape index (κ2) is 6.86. The molecule has 2 aliphatic carbocycles. The van der Waals surface area contributed by atoms with Gasteiger partial charge in [-0.2, -0.15) is 0 Å². The van der Waals surface area contributed by atoms with Crippen molar-refractivity contribution in [3.8, 4) is 0 Å². The summed E-state index contributed by atoms with van der Waals surface area (Å²) in [5, 5.41) is 15.1. The van der Waals surface area contributed by atoms with Crippen LogP contribution in [0.25, 0.3) is 0 Å². The van der Waals surface area contributed by atoms with Gasteiger partial charge < -0.3 is 15.7 Å². The highest BCUT2D eigenvalue weighted by Crippen LogP contribution is 2.38. The van der Waals surface area contributed by atoms with Crippen LogP contribution in [0.2, 0.25) is 0 Å². The van der Waals surface area contributed by atoms with Crippen molar-refractivity contribution in [2.75, 3.05) is 5.32 Å². The smallest absolute Gasteiger partial charge is 0.329 e. The van der Waals surface area contributed by atoms with Crippen LogP contribution in [0.4, 0.5) is 5.69 Å². The van der Waals surface area contributed by atoms with Gasteiger partial charge in [-0.05, 0) is 43.4 Å². The summed E-state index contributed by atoms with van der Waals surface area (Å²) in [5.74, 6) is -0.963. The first-order valence-electron chi connectivity index (χ1n) is 8.88. The number of anilines is 1. The maximum atomic E-state index is 12.6. The van der Waals surface area contributed by atoms with E-state index in [4.69, 9.17) is 0 Å². The Morgan fingerprint density at radius 1 is 1.16 bits per heavy atom. The normalized spacial score (nSPS) is 24.2. The predicted molar refractivity (Wildman–Crippen MR) is 93.3 cm³/mol. The van der Waals surface area contributed by atoms with Gasteiger partial charge in [-0.1, -0.05) is 32.3 Å². The molecule has 1 aromatic rings. The highest BCUT2D eigenvalue weighted by molar-refractivity contribution is 6.00. The third-order valence-corrected chi connectivity index (χ3v) is 5.31. The Kier molecular flexibility index (Phi) is 4.79. The minimum absolute atomic E-state index is 0.0284. The second-order valence-corrected chi connectivity index (χ2v) is 7.29. The van der Waals surface area contributed by atoms with Crippen LogP contribution in [0.3, 0.4) is 0 Å². The van der Waals surface area contributed by atoms with Gasteiger partial charge in [0.05, 0.1) is 0 Å². The summed E-state index contributed by atoms with van der Waals surface area (Å²) in [4.78, 5) is 36.3. The van der Waals surface area contributed by atoms with Crippen LogP contribution in [0.15, 0.2) is 24.3 Å². The molecule has 2 fully saturated rings. The van der Waals surface area contributed by atoms with Gasteiger partial charge in [0.2, 0.25) is 5.91 Å². The molecule has 2 atom stereocenters. The lowest BCUT2D eigenvalue weighted by molar-refractivity contribution is -0.145. The molecule has 134 valence electrons. The number of carboxylic acid groups (broad SMARTS) is 1. The van der Waals surface area contributed by atoms with Gasteiger partial charge in [0, 0.05) is 17.2 Å². The monoisotopic (exact) mass is 344 g/mol. The fraction of sp³-hybridized carbons (Fsp3) is 0.526. The van der Waals surface area contributed by atoms with E-state index in [1.165, 1.54) is 0 Å². The maximum absolute atomic E-state index is 12.6. The Balaban J connectivity index is 1.70. The molecule has 3 N–H and O–H groups in total. The van der Waals surface area contributed by atoms with Crippen LogP contribution in [0.1, 0.15) is 55.8 Å². The first kappa shape index (κ1) is 17.5. The first-order chi connectivity index (χ1) is 11.9. The van der Waals surface area contributed by atoms with Gasteiger partial charge in [-0.3, -0.25) is 9.59 Å². The molecular formula is C19H24N2O4. The van der Waals surface area contributed by atoms with E-state index in [0.29, 0.717) is 30.0 Å². The van der Waals surface area contributed by atoms with Crippen LogP contribution in [-0.2, 0) is 9.59 Å². The largest absolute Gasteiger partial charge is 0.480 e. The zero-order chi connectivity index (χ0) is 18.0. The molecule has 2 saturated carbocycles. The number of rotatable bonds is 5. The first-order valence-corrected chi connectivity index (χ1v) is 8.88. The Labute approximate surface area is 147 Å². The number of carboxylic acids is 1. The number of carbonyl (C=O) groups excluding carboxylic acids is 2. The molecule has 2 aliphatic rings. The molecule has 0 bridgehead atoms. The second-order valence-electron chi connectivity index (χ2n) is 7.29. The fourth-order valence-electron chi connectivity index (χ4n) is 3.50. The van der Waals surface area contributed by atoms with E-state index >= 15 is 0 Å². The van der Waals surface area contributed by atoms with Crippen LogP contribution < -0.4 is 10.6 Å². The molecule has 3 rings (SSSR count). The summed E-state index contributed by atoms with van der Waals surface area (Å²) in [5.41, 5.74) is -0.268. The van der Waals surface area contributed by atoms with E-state index in [-0.39, 0.29) is 11.8 Å². The molecule has 25 heavy (non-hydrogen) atoms. The molecule has 2 amide bonds. The van der Waals surface area contributed by atoms with E-state index in [1.54, 1.807) is 24.3 Å². The van der Waals surface area contributed by atoms with E-state index in [9.17, 15) is 19.5 Å². The van der Waals surface area contributed by atoms with Gasteiger partial charge in [-0.25, -0.2) is 4.79 Å². The van der Waals surface area contributed by atoms with Crippen molar-refractivity contribution in [3.05, 3.63) is 29.8 Å². The summed E-state index contributed by atoms with van der Waals surface area (Å²) < 4.78 is 0. The molecule has 0 aliphatic heterocycles. The van der Waals surface area contributed by atoms with Gasteiger partial charge in [-0.15, -0.1) is 0 Å². The Bertz CT molecular complexity index is 694. The summed E-state index contributed by atoms with van der Waals surface area (Å²) in [6, 6.07) is 6.65. The number of hydrogen-bond acceptors (Lipinski definition) is 3. The number of amides is 2. The lowest BCUT2D eigenvalue weighted by atomic mass is 9.81. The van der Waals surface area contributed by atoms with Gasteiger partial charge >= 0.3 is 5.97 Å². The predicted octanol–water partition coefficient (Wildman–Crippen LogP) is 2.80.